The average molecular weight is 615 g/mol. The number of piperazine rings is 1. The number of fused-ring (bicyclic) bond motifs is 7. The van der Waals surface area contributed by atoms with Crippen LogP contribution in [0.15, 0.2) is 30.3 Å². The highest BCUT2D eigenvalue weighted by Gasteiger charge is 2.49. The fourth-order valence-electron chi connectivity index (χ4n) is 9.18. The third-order valence-corrected chi connectivity index (χ3v) is 11.3. The molecule has 2 aromatic heterocycles. The van der Waals surface area contributed by atoms with Gasteiger partial charge < -0.3 is 15.0 Å². The number of benzene rings is 2. The molecule has 7 heterocycles. The van der Waals surface area contributed by atoms with Crippen molar-refractivity contribution in [3.05, 3.63) is 53.2 Å². The van der Waals surface area contributed by atoms with Gasteiger partial charge in [0.2, 0.25) is 0 Å². The maximum absolute atomic E-state index is 17.1. The molecule has 9 rings (SSSR count). The maximum Gasteiger partial charge on any atom is 0.319 e. The predicted octanol–water partition coefficient (Wildman–Crippen LogP) is 6.03. The van der Waals surface area contributed by atoms with Crippen molar-refractivity contribution in [2.75, 3.05) is 31.1 Å². The molecule has 4 fully saturated rings. The Morgan fingerprint density at radius 3 is 2.84 bits per heavy atom. The normalized spacial score (nSPS) is 29.2. The second kappa shape index (κ2) is 10.3. The van der Waals surface area contributed by atoms with Gasteiger partial charge in [-0.15, -0.1) is 0 Å². The summed E-state index contributed by atoms with van der Waals surface area (Å²) >= 11 is 0. The summed E-state index contributed by atoms with van der Waals surface area (Å²) in [5, 5.41) is 5.90. The minimum Gasteiger partial charge on any atom is -0.461 e. The Balaban J connectivity index is 1.24. The molecular weight excluding hydrogens is 577 g/mol. The number of nitrogens with zero attached hydrogens (tertiary/aromatic N) is 5. The molecular formula is C35H37F3N6O. The van der Waals surface area contributed by atoms with Crippen molar-refractivity contribution < 1.29 is 17.9 Å². The lowest BCUT2D eigenvalue weighted by Crippen LogP contribution is -2.58. The first kappa shape index (κ1) is 27.8. The zero-order valence-electron chi connectivity index (χ0n) is 25.5. The van der Waals surface area contributed by atoms with Crippen molar-refractivity contribution in [2.24, 2.45) is 0 Å². The summed E-state index contributed by atoms with van der Waals surface area (Å²) < 4.78 is 52.8. The molecule has 1 unspecified atom stereocenters. The molecule has 2 bridgehead atoms. The van der Waals surface area contributed by atoms with E-state index in [1.54, 1.807) is 13.0 Å². The molecule has 0 spiro atoms. The fourth-order valence-corrected chi connectivity index (χ4v) is 9.18. The Hall–Kier alpha value is -3.50. The summed E-state index contributed by atoms with van der Waals surface area (Å²) in [7, 11) is 0. The van der Waals surface area contributed by atoms with Crippen LogP contribution in [0.1, 0.15) is 56.2 Å². The van der Waals surface area contributed by atoms with Crippen LogP contribution in [-0.4, -0.2) is 75.9 Å². The van der Waals surface area contributed by atoms with Crippen LogP contribution in [0.4, 0.5) is 19.0 Å². The van der Waals surface area contributed by atoms with Crippen LogP contribution in [0.5, 0.6) is 6.01 Å². The number of halogens is 3. The Morgan fingerprint density at radius 2 is 1.93 bits per heavy atom. The second-order valence-electron chi connectivity index (χ2n) is 13.9. The predicted molar refractivity (Wildman–Crippen MR) is 167 cm³/mol. The highest BCUT2D eigenvalue weighted by molar-refractivity contribution is 6.01. The highest BCUT2D eigenvalue weighted by Crippen LogP contribution is 2.44. The van der Waals surface area contributed by atoms with Crippen LogP contribution in [0.25, 0.3) is 32.9 Å². The van der Waals surface area contributed by atoms with Crippen LogP contribution >= 0.6 is 0 Å². The van der Waals surface area contributed by atoms with E-state index in [1.807, 2.05) is 18.2 Å². The molecule has 10 heteroatoms. The molecule has 5 aliphatic heterocycles. The van der Waals surface area contributed by atoms with E-state index in [0.29, 0.717) is 59.2 Å². The van der Waals surface area contributed by atoms with Gasteiger partial charge in [0.15, 0.2) is 5.82 Å². The Kier molecular flexibility index (Phi) is 6.33. The number of aromatic nitrogens is 3. The number of hydrogen-bond donors (Lipinski definition) is 1. The minimum atomic E-state index is -0.875. The quantitative estimate of drug-likeness (QED) is 0.301. The van der Waals surface area contributed by atoms with Crippen molar-refractivity contribution in [1.29, 1.82) is 0 Å². The molecule has 0 aliphatic carbocycles. The number of rotatable bonds is 4. The summed E-state index contributed by atoms with van der Waals surface area (Å²) in [6.45, 7) is 4.05. The van der Waals surface area contributed by atoms with Crippen LogP contribution in [0.2, 0.25) is 0 Å². The van der Waals surface area contributed by atoms with Gasteiger partial charge in [-0.25, -0.2) is 18.2 Å². The van der Waals surface area contributed by atoms with Crippen molar-refractivity contribution in [2.45, 2.75) is 88.1 Å². The topological polar surface area (TPSA) is 66.4 Å². The summed E-state index contributed by atoms with van der Waals surface area (Å²) in [6.07, 6.45) is 6.17. The standard InChI is InChI=1S/C35H37F3N6O/c1-19-24(37)11-9-20-5-2-6-23(28(19)20)31-30(38)32-29-26(40-31)7-3-8-27-25-12-10-22(39-25)17-44(27)33(29)42-34(41-32)45-18-35-13-4-14-43(35)16-21(36)15-35/h2,5-6,9,11,21-22,25,27,39H,3-4,7-8,10,12-18H2,1H3/t21-,22?,25+,27-,35+/m1/s1. The number of nitrogens with one attached hydrogen (secondary N) is 1. The molecule has 2 aromatic carbocycles. The fraction of sp³-hybridized carbons (Fsp3) is 0.514. The van der Waals surface area contributed by atoms with E-state index in [4.69, 9.17) is 19.7 Å². The van der Waals surface area contributed by atoms with Gasteiger partial charge in [-0.1, -0.05) is 24.3 Å². The van der Waals surface area contributed by atoms with Crippen LogP contribution in [-0.2, 0) is 6.42 Å². The molecule has 5 atom stereocenters. The lowest BCUT2D eigenvalue weighted by molar-refractivity contribution is 0.107. The van der Waals surface area contributed by atoms with Gasteiger partial charge >= 0.3 is 6.01 Å². The molecule has 5 aliphatic rings. The molecule has 4 aromatic rings. The number of anilines is 1. The van der Waals surface area contributed by atoms with Gasteiger partial charge in [0.25, 0.3) is 0 Å². The van der Waals surface area contributed by atoms with E-state index >= 15 is 4.39 Å². The molecule has 0 radical (unpaired) electrons. The number of alkyl halides is 1. The maximum atomic E-state index is 17.1. The van der Waals surface area contributed by atoms with E-state index in [9.17, 15) is 8.78 Å². The Morgan fingerprint density at radius 1 is 1.02 bits per heavy atom. The summed E-state index contributed by atoms with van der Waals surface area (Å²) in [6, 6.07) is 9.81. The molecule has 0 amide bonds. The van der Waals surface area contributed by atoms with Gasteiger partial charge in [-0.05, 0) is 80.8 Å². The van der Waals surface area contributed by atoms with Crippen molar-refractivity contribution in [3.8, 4) is 17.3 Å². The second-order valence-corrected chi connectivity index (χ2v) is 13.9. The first-order chi connectivity index (χ1) is 21.9. The van der Waals surface area contributed by atoms with Crippen LogP contribution in [0.3, 0.4) is 0 Å². The molecule has 7 nitrogen and oxygen atoms in total. The number of hydrogen-bond acceptors (Lipinski definition) is 7. The van der Waals surface area contributed by atoms with Crippen molar-refractivity contribution in [1.82, 2.24) is 25.2 Å². The zero-order valence-corrected chi connectivity index (χ0v) is 25.5. The van der Waals surface area contributed by atoms with Gasteiger partial charge in [0.1, 0.15) is 35.6 Å². The van der Waals surface area contributed by atoms with E-state index in [0.717, 1.165) is 62.7 Å². The number of aryl methyl sites for hydroxylation is 2. The van der Waals surface area contributed by atoms with E-state index in [1.165, 1.54) is 6.07 Å². The lowest BCUT2D eigenvalue weighted by atomic mass is 9.93. The highest BCUT2D eigenvalue weighted by atomic mass is 19.1. The first-order valence-corrected chi connectivity index (χ1v) is 16.5. The third kappa shape index (κ3) is 4.28. The van der Waals surface area contributed by atoms with E-state index in [-0.39, 0.29) is 41.2 Å². The van der Waals surface area contributed by atoms with Gasteiger partial charge in [-0.2, -0.15) is 9.97 Å². The van der Waals surface area contributed by atoms with E-state index in [2.05, 4.69) is 15.1 Å². The molecule has 1 N–H and O–H groups in total. The third-order valence-electron chi connectivity index (χ3n) is 11.3. The summed E-state index contributed by atoms with van der Waals surface area (Å²) in [4.78, 5) is 19.3. The number of ether oxygens (including phenoxy) is 1. The molecule has 45 heavy (non-hydrogen) atoms. The van der Waals surface area contributed by atoms with Gasteiger partial charge in [-0.3, -0.25) is 4.90 Å². The smallest absolute Gasteiger partial charge is 0.319 e. The summed E-state index contributed by atoms with van der Waals surface area (Å²) in [5.41, 5.74) is 1.74. The van der Waals surface area contributed by atoms with Gasteiger partial charge in [0, 0.05) is 43.2 Å². The largest absolute Gasteiger partial charge is 0.461 e. The molecule has 4 saturated heterocycles. The Labute approximate surface area is 260 Å². The van der Waals surface area contributed by atoms with Crippen LogP contribution in [0, 0.1) is 18.6 Å². The molecule has 234 valence electrons. The van der Waals surface area contributed by atoms with Gasteiger partial charge in [0.05, 0.1) is 16.6 Å². The Bertz CT molecular complexity index is 1850. The SMILES string of the molecule is Cc1c(F)ccc2cccc(-c3nc4c5c(nc(OC[C@@]67CCCN6C[C@H](F)C7)nc5c3F)N3CC5CC[C@H](N5)[C@H]3CCC4)c12. The lowest BCUT2D eigenvalue weighted by Gasteiger charge is -2.43. The van der Waals surface area contributed by atoms with Crippen molar-refractivity contribution >= 4 is 27.5 Å². The molecule has 0 saturated carbocycles. The zero-order chi connectivity index (χ0) is 30.4. The number of pyridine rings is 1. The van der Waals surface area contributed by atoms with Crippen molar-refractivity contribution in [3.63, 3.8) is 0 Å². The average Bonchev–Trinajstić information content (AvgIpc) is 3.70. The summed E-state index contributed by atoms with van der Waals surface area (Å²) in [5.74, 6) is -0.214. The van der Waals surface area contributed by atoms with E-state index < -0.39 is 12.0 Å². The van der Waals surface area contributed by atoms with Crippen LogP contribution < -0.4 is 15.0 Å². The minimum absolute atomic E-state index is 0.119. The first-order valence-electron chi connectivity index (χ1n) is 16.5. The monoisotopic (exact) mass is 614 g/mol.